The summed E-state index contributed by atoms with van der Waals surface area (Å²) < 4.78 is 5.55. The summed E-state index contributed by atoms with van der Waals surface area (Å²) in [6.07, 6.45) is 2.31. The molecule has 1 aliphatic rings. The molecule has 0 spiro atoms. The van der Waals surface area contributed by atoms with Crippen LogP contribution in [0, 0.1) is 20.8 Å². The van der Waals surface area contributed by atoms with Crippen LogP contribution >= 0.6 is 0 Å². The third kappa shape index (κ3) is 2.45. The first-order valence-corrected chi connectivity index (χ1v) is 6.85. The minimum absolute atomic E-state index is 0.477. The maximum Gasteiger partial charge on any atom is 0.213 e. The van der Waals surface area contributed by atoms with Gasteiger partial charge in [-0.25, -0.2) is 15.0 Å². The molecule has 0 unspecified atom stereocenters. The molecule has 1 aliphatic carbocycles. The molecule has 0 aromatic carbocycles. The number of anilines is 2. The third-order valence-corrected chi connectivity index (χ3v) is 3.62. The lowest BCUT2D eigenvalue weighted by Crippen LogP contribution is -2.09. The maximum atomic E-state index is 5.95. The summed E-state index contributed by atoms with van der Waals surface area (Å²) in [6.45, 7) is 6.25. The summed E-state index contributed by atoms with van der Waals surface area (Å²) in [5.74, 6) is 4.14. The van der Waals surface area contributed by atoms with E-state index in [2.05, 4.69) is 20.3 Å². The van der Waals surface area contributed by atoms with Crippen LogP contribution in [0.25, 0.3) is 0 Å². The van der Waals surface area contributed by atoms with Crippen LogP contribution in [-0.2, 0) is 6.54 Å². The number of nitrogens with one attached hydrogen (secondary N) is 1. The number of hydrogen-bond donors (Lipinski definition) is 2. The number of oxazole rings is 1. The second kappa shape index (κ2) is 4.77. The molecule has 2 heterocycles. The monoisotopic (exact) mass is 273 g/mol. The Hall–Kier alpha value is -2.11. The van der Waals surface area contributed by atoms with Gasteiger partial charge < -0.3 is 15.5 Å². The van der Waals surface area contributed by atoms with Crippen molar-refractivity contribution in [1.82, 2.24) is 15.0 Å². The summed E-state index contributed by atoms with van der Waals surface area (Å²) in [5, 5.41) is 3.25. The van der Waals surface area contributed by atoms with Gasteiger partial charge in [0.25, 0.3) is 0 Å². The van der Waals surface area contributed by atoms with Crippen LogP contribution < -0.4 is 11.1 Å². The normalized spacial score (nSPS) is 14.6. The highest BCUT2D eigenvalue weighted by Gasteiger charge is 2.27. The van der Waals surface area contributed by atoms with Crippen molar-refractivity contribution in [3.63, 3.8) is 0 Å². The Labute approximate surface area is 117 Å². The first-order chi connectivity index (χ1) is 9.54. The van der Waals surface area contributed by atoms with Crippen molar-refractivity contribution < 1.29 is 4.42 Å². The van der Waals surface area contributed by atoms with Crippen molar-refractivity contribution in [2.75, 3.05) is 11.1 Å². The highest BCUT2D eigenvalue weighted by atomic mass is 16.4. The number of rotatable bonds is 4. The van der Waals surface area contributed by atoms with E-state index in [1.165, 1.54) is 0 Å². The standard InChI is InChI=1S/C14H19N5O/c1-7-12(15)18-14(10-4-5-10)19-13(7)16-6-11-17-8(2)9(3)20-11/h10H,4-6H2,1-3H3,(H3,15,16,18,19). The Morgan fingerprint density at radius 1 is 1.20 bits per heavy atom. The van der Waals surface area contributed by atoms with Crippen molar-refractivity contribution in [3.05, 3.63) is 28.7 Å². The number of aromatic nitrogens is 3. The van der Waals surface area contributed by atoms with Gasteiger partial charge in [0.1, 0.15) is 23.2 Å². The summed E-state index contributed by atoms with van der Waals surface area (Å²) in [4.78, 5) is 13.3. The fraction of sp³-hybridized carbons (Fsp3) is 0.500. The van der Waals surface area contributed by atoms with Crippen molar-refractivity contribution in [1.29, 1.82) is 0 Å². The zero-order valence-electron chi connectivity index (χ0n) is 12.0. The lowest BCUT2D eigenvalue weighted by Gasteiger charge is -2.10. The molecule has 106 valence electrons. The topological polar surface area (TPSA) is 89.9 Å². The van der Waals surface area contributed by atoms with Gasteiger partial charge in [-0.15, -0.1) is 0 Å². The maximum absolute atomic E-state index is 5.95. The molecule has 1 fully saturated rings. The Morgan fingerprint density at radius 3 is 2.55 bits per heavy atom. The molecular formula is C14H19N5O. The molecule has 6 heteroatoms. The van der Waals surface area contributed by atoms with Gasteiger partial charge in [0, 0.05) is 11.5 Å². The largest absolute Gasteiger partial charge is 0.444 e. The number of aryl methyl sites for hydroxylation is 2. The fourth-order valence-corrected chi connectivity index (χ4v) is 2.02. The third-order valence-electron chi connectivity index (χ3n) is 3.62. The SMILES string of the molecule is Cc1nc(CNc2nc(C3CC3)nc(N)c2C)oc1C. The van der Waals surface area contributed by atoms with E-state index in [-0.39, 0.29) is 0 Å². The van der Waals surface area contributed by atoms with Crippen LogP contribution in [0.1, 0.15) is 47.5 Å². The van der Waals surface area contributed by atoms with E-state index in [1.807, 2.05) is 20.8 Å². The summed E-state index contributed by atoms with van der Waals surface area (Å²) in [7, 11) is 0. The highest BCUT2D eigenvalue weighted by Crippen LogP contribution is 2.39. The summed E-state index contributed by atoms with van der Waals surface area (Å²) in [6, 6.07) is 0. The molecular weight excluding hydrogens is 254 g/mol. The van der Waals surface area contributed by atoms with Crippen LogP contribution in [-0.4, -0.2) is 15.0 Å². The predicted octanol–water partition coefficient (Wildman–Crippen LogP) is 2.46. The van der Waals surface area contributed by atoms with Gasteiger partial charge in [0.15, 0.2) is 0 Å². The number of nitrogens with two attached hydrogens (primary N) is 1. The van der Waals surface area contributed by atoms with Crippen molar-refractivity contribution in [2.24, 2.45) is 0 Å². The molecule has 0 saturated heterocycles. The van der Waals surface area contributed by atoms with Crippen molar-refractivity contribution in [3.8, 4) is 0 Å². The van der Waals surface area contributed by atoms with Gasteiger partial charge in [-0.3, -0.25) is 0 Å². The van der Waals surface area contributed by atoms with Crippen LogP contribution in [0.15, 0.2) is 4.42 Å². The second-order valence-electron chi connectivity index (χ2n) is 5.32. The average molecular weight is 273 g/mol. The van der Waals surface area contributed by atoms with Gasteiger partial charge in [0.2, 0.25) is 5.89 Å². The van der Waals surface area contributed by atoms with Gasteiger partial charge in [0.05, 0.1) is 12.2 Å². The minimum Gasteiger partial charge on any atom is -0.444 e. The first kappa shape index (κ1) is 12.9. The minimum atomic E-state index is 0.477. The molecule has 0 atom stereocenters. The molecule has 20 heavy (non-hydrogen) atoms. The Bertz CT molecular complexity index is 626. The van der Waals surface area contributed by atoms with Gasteiger partial charge in [-0.05, 0) is 33.6 Å². The zero-order valence-corrected chi connectivity index (χ0v) is 12.0. The Kier molecular flexibility index (Phi) is 3.08. The Balaban J connectivity index is 1.79. The molecule has 2 aromatic rings. The first-order valence-electron chi connectivity index (χ1n) is 6.85. The lowest BCUT2D eigenvalue weighted by atomic mass is 10.3. The van der Waals surface area contributed by atoms with E-state index in [9.17, 15) is 0 Å². The molecule has 3 rings (SSSR count). The van der Waals surface area contributed by atoms with E-state index in [0.717, 1.165) is 41.5 Å². The van der Waals surface area contributed by atoms with Crippen molar-refractivity contribution in [2.45, 2.75) is 46.1 Å². The van der Waals surface area contributed by atoms with Gasteiger partial charge in [-0.2, -0.15) is 0 Å². The molecule has 0 bridgehead atoms. The molecule has 2 aromatic heterocycles. The molecule has 3 N–H and O–H groups in total. The molecule has 0 radical (unpaired) electrons. The molecule has 0 amide bonds. The van der Waals surface area contributed by atoms with E-state index in [4.69, 9.17) is 10.2 Å². The van der Waals surface area contributed by atoms with Gasteiger partial charge in [-0.1, -0.05) is 0 Å². The zero-order chi connectivity index (χ0) is 14.3. The van der Waals surface area contributed by atoms with E-state index < -0.39 is 0 Å². The van der Waals surface area contributed by atoms with E-state index in [0.29, 0.717) is 24.2 Å². The number of hydrogen-bond acceptors (Lipinski definition) is 6. The summed E-state index contributed by atoms with van der Waals surface area (Å²) >= 11 is 0. The van der Waals surface area contributed by atoms with Crippen LogP contribution in [0.3, 0.4) is 0 Å². The average Bonchev–Trinajstić information content (AvgIpc) is 3.19. The predicted molar refractivity (Wildman–Crippen MR) is 76.5 cm³/mol. The quantitative estimate of drug-likeness (QED) is 0.889. The van der Waals surface area contributed by atoms with Crippen LogP contribution in [0.4, 0.5) is 11.6 Å². The summed E-state index contributed by atoms with van der Waals surface area (Å²) in [5.41, 5.74) is 7.74. The number of nitrogens with zero attached hydrogens (tertiary/aromatic N) is 3. The van der Waals surface area contributed by atoms with Crippen LogP contribution in [0.2, 0.25) is 0 Å². The smallest absolute Gasteiger partial charge is 0.213 e. The highest BCUT2D eigenvalue weighted by molar-refractivity contribution is 5.55. The second-order valence-corrected chi connectivity index (χ2v) is 5.32. The molecule has 1 saturated carbocycles. The number of nitrogen functional groups attached to an aromatic ring is 1. The Morgan fingerprint density at radius 2 is 1.95 bits per heavy atom. The van der Waals surface area contributed by atoms with Crippen molar-refractivity contribution >= 4 is 11.6 Å². The fourth-order valence-electron chi connectivity index (χ4n) is 2.02. The van der Waals surface area contributed by atoms with Crippen LogP contribution in [0.5, 0.6) is 0 Å². The lowest BCUT2D eigenvalue weighted by molar-refractivity contribution is 0.478. The van der Waals surface area contributed by atoms with E-state index >= 15 is 0 Å². The molecule has 6 nitrogen and oxygen atoms in total. The van der Waals surface area contributed by atoms with E-state index in [1.54, 1.807) is 0 Å². The van der Waals surface area contributed by atoms with Gasteiger partial charge >= 0.3 is 0 Å². The molecule has 0 aliphatic heterocycles.